The van der Waals surface area contributed by atoms with E-state index in [0.717, 1.165) is 23.9 Å². The lowest BCUT2D eigenvalue weighted by atomic mass is 9.96. The maximum absolute atomic E-state index is 13.9. The van der Waals surface area contributed by atoms with Crippen LogP contribution in [0.25, 0.3) is 22.6 Å². The summed E-state index contributed by atoms with van der Waals surface area (Å²) in [6.07, 6.45) is 2.70. The standard InChI is InChI=1S/C24H26FN7O2/c1-3-34-23-29-20(26)19-22(30-23)32(21(28-19)17-8-18(25)10-27-9-17)12-16-6-4-15(5-7-16)11-31-13-24(2,33)14-31/h4-10,33H,3,11-14H2,1-2H3,(H2,26,29,30). The van der Waals surface area contributed by atoms with Crippen molar-refractivity contribution in [3.63, 3.8) is 0 Å². The summed E-state index contributed by atoms with van der Waals surface area (Å²) in [7, 11) is 0. The first kappa shape index (κ1) is 22.2. The van der Waals surface area contributed by atoms with Crippen molar-refractivity contribution >= 4 is 17.0 Å². The predicted molar refractivity (Wildman–Crippen MR) is 126 cm³/mol. The summed E-state index contributed by atoms with van der Waals surface area (Å²) in [5.41, 5.74) is 9.18. The molecule has 0 bridgehead atoms. The second kappa shape index (κ2) is 8.62. The Morgan fingerprint density at radius 3 is 2.44 bits per heavy atom. The quantitative estimate of drug-likeness (QED) is 0.430. The number of benzene rings is 1. The molecule has 0 spiro atoms. The van der Waals surface area contributed by atoms with E-state index in [9.17, 15) is 9.50 Å². The summed E-state index contributed by atoms with van der Waals surface area (Å²) in [5.74, 6) is 0.224. The van der Waals surface area contributed by atoms with Gasteiger partial charge in [0.15, 0.2) is 17.0 Å². The van der Waals surface area contributed by atoms with Crippen molar-refractivity contribution in [1.82, 2.24) is 29.4 Å². The van der Waals surface area contributed by atoms with Gasteiger partial charge in [0.25, 0.3) is 0 Å². The van der Waals surface area contributed by atoms with Crippen LogP contribution >= 0.6 is 0 Å². The third kappa shape index (κ3) is 4.42. The van der Waals surface area contributed by atoms with Gasteiger partial charge in [-0.3, -0.25) is 9.88 Å². The summed E-state index contributed by atoms with van der Waals surface area (Å²) >= 11 is 0. The molecule has 5 rings (SSSR count). The normalized spacial score (nSPS) is 15.4. The molecule has 1 saturated heterocycles. The highest BCUT2D eigenvalue weighted by Gasteiger charge is 2.36. The van der Waals surface area contributed by atoms with Crippen LogP contribution in [0.2, 0.25) is 0 Å². The molecular formula is C24H26FN7O2. The fraction of sp³-hybridized carbons (Fsp3) is 0.333. The van der Waals surface area contributed by atoms with Crippen LogP contribution in [-0.4, -0.2) is 59.8 Å². The van der Waals surface area contributed by atoms with Gasteiger partial charge in [-0.2, -0.15) is 9.97 Å². The number of fused-ring (bicyclic) bond motifs is 1. The van der Waals surface area contributed by atoms with Crippen molar-refractivity contribution in [1.29, 1.82) is 0 Å². The number of likely N-dealkylation sites (tertiary alicyclic amines) is 1. The largest absolute Gasteiger partial charge is 0.464 e. The van der Waals surface area contributed by atoms with Crippen LogP contribution in [0.1, 0.15) is 25.0 Å². The molecule has 10 heteroatoms. The van der Waals surface area contributed by atoms with E-state index in [4.69, 9.17) is 10.5 Å². The zero-order valence-electron chi connectivity index (χ0n) is 19.1. The Balaban J connectivity index is 1.50. The Hall–Kier alpha value is -3.63. The van der Waals surface area contributed by atoms with Gasteiger partial charge in [0.1, 0.15) is 11.6 Å². The van der Waals surface area contributed by atoms with Gasteiger partial charge in [0.05, 0.1) is 24.9 Å². The fourth-order valence-corrected chi connectivity index (χ4v) is 4.32. The van der Waals surface area contributed by atoms with Gasteiger partial charge < -0.3 is 20.1 Å². The highest BCUT2D eigenvalue weighted by atomic mass is 19.1. The second-order valence-corrected chi connectivity index (χ2v) is 8.87. The number of aliphatic hydroxyl groups is 1. The number of hydrogen-bond acceptors (Lipinski definition) is 8. The van der Waals surface area contributed by atoms with Crippen molar-refractivity contribution < 1.29 is 14.2 Å². The van der Waals surface area contributed by atoms with Gasteiger partial charge in [0, 0.05) is 31.4 Å². The van der Waals surface area contributed by atoms with E-state index >= 15 is 0 Å². The van der Waals surface area contributed by atoms with Crippen LogP contribution in [0.15, 0.2) is 42.7 Å². The molecule has 0 amide bonds. The summed E-state index contributed by atoms with van der Waals surface area (Å²) in [4.78, 5) is 19.5. The molecule has 1 aromatic carbocycles. The van der Waals surface area contributed by atoms with Crippen LogP contribution in [-0.2, 0) is 13.1 Å². The summed E-state index contributed by atoms with van der Waals surface area (Å²) < 4.78 is 21.3. The monoisotopic (exact) mass is 463 g/mol. The summed E-state index contributed by atoms with van der Waals surface area (Å²) in [6.45, 7) is 6.64. The molecule has 4 heterocycles. The molecule has 1 aliphatic heterocycles. The molecule has 1 aliphatic rings. The number of nitrogens with zero attached hydrogens (tertiary/aromatic N) is 6. The zero-order chi connectivity index (χ0) is 23.9. The first-order valence-corrected chi connectivity index (χ1v) is 11.1. The van der Waals surface area contributed by atoms with Crippen LogP contribution in [0, 0.1) is 5.82 Å². The molecule has 9 nitrogen and oxygen atoms in total. The summed E-state index contributed by atoms with van der Waals surface area (Å²) in [5, 5.41) is 9.94. The number of imidazole rings is 1. The lowest BCUT2D eigenvalue weighted by Crippen LogP contribution is -2.59. The number of nitrogens with two attached hydrogens (primary N) is 1. The Morgan fingerprint density at radius 2 is 1.79 bits per heavy atom. The first-order chi connectivity index (χ1) is 16.3. The van der Waals surface area contributed by atoms with Gasteiger partial charge in [-0.1, -0.05) is 24.3 Å². The van der Waals surface area contributed by atoms with E-state index in [2.05, 4.69) is 37.0 Å². The predicted octanol–water partition coefficient (Wildman–Crippen LogP) is 2.62. The fourth-order valence-electron chi connectivity index (χ4n) is 4.32. The highest BCUT2D eigenvalue weighted by molar-refractivity contribution is 5.85. The van der Waals surface area contributed by atoms with Gasteiger partial charge in [0.2, 0.25) is 0 Å². The Bertz CT molecular complexity index is 1330. The van der Waals surface area contributed by atoms with Gasteiger partial charge in [-0.05, 0) is 31.0 Å². The minimum Gasteiger partial charge on any atom is -0.464 e. The maximum atomic E-state index is 13.9. The summed E-state index contributed by atoms with van der Waals surface area (Å²) in [6, 6.07) is 9.77. The number of rotatable bonds is 7. The number of nitrogen functional groups attached to an aromatic ring is 1. The third-order valence-electron chi connectivity index (χ3n) is 5.74. The average Bonchev–Trinajstić information content (AvgIpc) is 3.13. The van der Waals surface area contributed by atoms with Gasteiger partial charge in [-0.25, -0.2) is 9.37 Å². The SMILES string of the molecule is CCOc1nc(N)c2nc(-c3cncc(F)c3)n(Cc3ccc(CN4CC(C)(O)C4)cc3)c2n1. The number of hydrogen-bond donors (Lipinski definition) is 2. The van der Waals surface area contributed by atoms with Crippen LogP contribution in [0.4, 0.5) is 10.2 Å². The van der Waals surface area contributed by atoms with E-state index in [0.29, 0.717) is 48.8 Å². The van der Waals surface area contributed by atoms with Crippen molar-refractivity contribution in [2.45, 2.75) is 32.5 Å². The van der Waals surface area contributed by atoms with Crippen LogP contribution < -0.4 is 10.5 Å². The van der Waals surface area contributed by atoms with Crippen LogP contribution in [0.3, 0.4) is 0 Å². The first-order valence-electron chi connectivity index (χ1n) is 11.1. The number of anilines is 1. The number of halogens is 1. The third-order valence-corrected chi connectivity index (χ3v) is 5.74. The highest BCUT2D eigenvalue weighted by Crippen LogP contribution is 2.29. The molecule has 0 radical (unpaired) electrons. The molecule has 4 aromatic rings. The molecule has 3 aromatic heterocycles. The van der Waals surface area contributed by atoms with Crippen molar-refractivity contribution in [2.75, 3.05) is 25.4 Å². The number of β-amino-alcohol motifs (C(OH)–C–C–N with tert-alkyl or cyclic N) is 1. The smallest absolute Gasteiger partial charge is 0.320 e. The second-order valence-electron chi connectivity index (χ2n) is 8.87. The van der Waals surface area contributed by atoms with E-state index in [-0.39, 0.29) is 11.8 Å². The van der Waals surface area contributed by atoms with Crippen molar-refractivity contribution in [3.8, 4) is 17.4 Å². The van der Waals surface area contributed by atoms with E-state index in [1.165, 1.54) is 6.07 Å². The van der Waals surface area contributed by atoms with E-state index in [1.807, 2.05) is 30.5 Å². The van der Waals surface area contributed by atoms with Gasteiger partial charge >= 0.3 is 6.01 Å². The molecule has 176 valence electrons. The molecule has 34 heavy (non-hydrogen) atoms. The number of pyridine rings is 1. The van der Waals surface area contributed by atoms with Gasteiger partial charge in [-0.15, -0.1) is 0 Å². The van der Waals surface area contributed by atoms with Crippen LogP contribution in [0.5, 0.6) is 6.01 Å². The Morgan fingerprint density at radius 1 is 1.09 bits per heavy atom. The lowest BCUT2D eigenvalue weighted by molar-refractivity contribution is -0.0871. The molecular weight excluding hydrogens is 437 g/mol. The molecule has 0 atom stereocenters. The zero-order valence-corrected chi connectivity index (χ0v) is 19.1. The average molecular weight is 464 g/mol. The number of aromatic nitrogens is 5. The topological polar surface area (TPSA) is 115 Å². The molecule has 0 saturated carbocycles. The van der Waals surface area contributed by atoms with E-state index in [1.54, 1.807) is 6.20 Å². The number of ether oxygens (including phenoxy) is 1. The molecule has 0 unspecified atom stereocenters. The Labute approximate surface area is 196 Å². The maximum Gasteiger partial charge on any atom is 0.320 e. The minimum atomic E-state index is -0.589. The lowest BCUT2D eigenvalue weighted by Gasteiger charge is -2.44. The molecule has 3 N–H and O–H groups in total. The molecule has 1 fully saturated rings. The molecule has 0 aliphatic carbocycles. The van der Waals surface area contributed by atoms with Crippen molar-refractivity contribution in [3.05, 3.63) is 59.7 Å². The van der Waals surface area contributed by atoms with E-state index < -0.39 is 11.4 Å². The van der Waals surface area contributed by atoms with Crippen molar-refractivity contribution in [2.24, 2.45) is 0 Å². The Kier molecular flexibility index (Phi) is 5.62. The minimum absolute atomic E-state index is 0.165.